The zero-order valence-electron chi connectivity index (χ0n) is 9.83. The maximum Gasteiger partial charge on any atom is 0.416 e. The minimum absolute atomic E-state index is 0.191. The van der Waals surface area contributed by atoms with E-state index in [0.717, 1.165) is 12.1 Å². The van der Waals surface area contributed by atoms with E-state index in [0.29, 0.717) is 5.56 Å². The largest absolute Gasteiger partial charge is 0.416 e. The predicted octanol–water partition coefficient (Wildman–Crippen LogP) is 2.35. The van der Waals surface area contributed by atoms with E-state index in [-0.39, 0.29) is 12.6 Å². The first-order chi connectivity index (χ1) is 8.34. The SMILES string of the molecule is C#CC(C)NCC(O)c1ccc(C(F)(F)F)cc1. The van der Waals surface area contributed by atoms with Crippen LogP contribution in [0.2, 0.25) is 0 Å². The number of aliphatic hydroxyl groups excluding tert-OH is 1. The average Bonchev–Trinajstić information content (AvgIpc) is 2.34. The van der Waals surface area contributed by atoms with Gasteiger partial charge in [0, 0.05) is 6.54 Å². The molecule has 0 amide bonds. The number of hydrogen-bond acceptors (Lipinski definition) is 2. The van der Waals surface area contributed by atoms with Crippen molar-refractivity contribution in [2.45, 2.75) is 25.2 Å². The molecule has 2 atom stereocenters. The summed E-state index contributed by atoms with van der Waals surface area (Å²) in [7, 11) is 0. The van der Waals surface area contributed by atoms with E-state index in [1.807, 2.05) is 0 Å². The highest BCUT2D eigenvalue weighted by molar-refractivity contribution is 5.26. The maximum absolute atomic E-state index is 12.3. The first kappa shape index (κ1) is 14.6. The Morgan fingerprint density at radius 3 is 2.33 bits per heavy atom. The van der Waals surface area contributed by atoms with Crippen molar-refractivity contribution < 1.29 is 18.3 Å². The molecule has 0 aromatic heterocycles. The van der Waals surface area contributed by atoms with Gasteiger partial charge in [-0.2, -0.15) is 13.2 Å². The van der Waals surface area contributed by atoms with E-state index in [9.17, 15) is 18.3 Å². The van der Waals surface area contributed by atoms with E-state index in [2.05, 4.69) is 11.2 Å². The number of benzene rings is 1. The molecule has 0 saturated carbocycles. The van der Waals surface area contributed by atoms with Gasteiger partial charge in [0.25, 0.3) is 0 Å². The molecular weight excluding hydrogens is 243 g/mol. The molecule has 0 aliphatic rings. The second kappa shape index (κ2) is 5.89. The van der Waals surface area contributed by atoms with Crippen molar-refractivity contribution in [2.75, 3.05) is 6.54 Å². The van der Waals surface area contributed by atoms with Gasteiger partial charge in [-0.1, -0.05) is 18.1 Å². The number of alkyl halides is 3. The third-order valence-corrected chi connectivity index (χ3v) is 2.49. The van der Waals surface area contributed by atoms with Gasteiger partial charge in [0.15, 0.2) is 0 Å². The van der Waals surface area contributed by atoms with Crippen LogP contribution in [0, 0.1) is 12.3 Å². The molecule has 1 rings (SSSR count). The Bertz CT molecular complexity index is 419. The molecular formula is C13H14F3NO. The van der Waals surface area contributed by atoms with Crippen molar-refractivity contribution in [2.24, 2.45) is 0 Å². The van der Waals surface area contributed by atoms with Gasteiger partial charge in [0.05, 0.1) is 17.7 Å². The smallest absolute Gasteiger partial charge is 0.387 e. The zero-order valence-corrected chi connectivity index (χ0v) is 9.83. The summed E-state index contributed by atoms with van der Waals surface area (Å²) in [5, 5.41) is 12.6. The van der Waals surface area contributed by atoms with Gasteiger partial charge in [0.2, 0.25) is 0 Å². The predicted molar refractivity (Wildman–Crippen MR) is 62.7 cm³/mol. The van der Waals surface area contributed by atoms with Crippen LogP contribution >= 0.6 is 0 Å². The molecule has 0 saturated heterocycles. The molecule has 18 heavy (non-hydrogen) atoms. The fourth-order valence-corrected chi connectivity index (χ4v) is 1.36. The molecule has 98 valence electrons. The van der Waals surface area contributed by atoms with Crippen molar-refractivity contribution in [1.82, 2.24) is 5.32 Å². The molecule has 2 unspecified atom stereocenters. The number of terminal acetylenes is 1. The Hall–Kier alpha value is -1.51. The number of rotatable bonds is 4. The molecule has 0 spiro atoms. The highest BCUT2D eigenvalue weighted by Gasteiger charge is 2.30. The Morgan fingerprint density at radius 1 is 1.33 bits per heavy atom. The molecule has 0 bridgehead atoms. The number of halogens is 3. The molecule has 2 N–H and O–H groups in total. The lowest BCUT2D eigenvalue weighted by Crippen LogP contribution is -2.29. The quantitative estimate of drug-likeness (QED) is 0.811. The van der Waals surface area contributed by atoms with Crippen LogP contribution in [-0.2, 0) is 6.18 Å². The number of nitrogens with one attached hydrogen (secondary N) is 1. The van der Waals surface area contributed by atoms with Crippen LogP contribution in [0.5, 0.6) is 0 Å². The van der Waals surface area contributed by atoms with Crippen molar-refractivity contribution in [3.63, 3.8) is 0 Å². The fourth-order valence-electron chi connectivity index (χ4n) is 1.36. The third-order valence-electron chi connectivity index (χ3n) is 2.49. The highest BCUT2D eigenvalue weighted by atomic mass is 19.4. The second-order valence-corrected chi connectivity index (χ2v) is 3.93. The Balaban J connectivity index is 2.65. The molecule has 1 aromatic carbocycles. The zero-order chi connectivity index (χ0) is 13.8. The fraction of sp³-hybridized carbons (Fsp3) is 0.385. The summed E-state index contributed by atoms with van der Waals surface area (Å²) in [6.07, 6.45) is -0.102. The number of hydrogen-bond donors (Lipinski definition) is 2. The monoisotopic (exact) mass is 257 g/mol. The molecule has 0 fully saturated rings. The Morgan fingerprint density at radius 2 is 1.89 bits per heavy atom. The van der Waals surface area contributed by atoms with Gasteiger partial charge < -0.3 is 10.4 Å². The van der Waals surface area contributed by atoms with Crippen LogP contribution in [-0.4, -0.2) is 17.7 Å². The Labute approximate surface area is 104 Å². The van der Waals surface area contributed by atoms with Gasteiger partial charge in [-0.05, 0) is 24.6 Å². The minimum Gasteiger partial charge on any atom is -0.387 e. The van der Waals surface area contributed by atoms with Crippen LogP contribution in [0.25, 0.3) is 0 Å². The lowest BCUT2D eigenvalue weighted by atomic mass is 10.1. The van der Waals surface area contributed by atoms with E-state index in [1.54, 1.807) is 6.92 Å². The van der Waals surface area contributed by atoms with E-state index in [4.69, 9.17) is 6.42 Å². The lowest BCUT2D eigenvalue weighted by molar-refractivity contribution is -0.137. The minimum atomic E-state index is -4.36. The van der Waals surface area contributed by atoms with Gasteiger partial charge in [0.1, 0.15) is 0 Å². The summed E-state index contributed by atoms with van der Waals surface area (Å²) < 4.78 is 37.0. The molecule has 1 aromatic rings. The van der Waals surface area contributed by atoms with Crippen LogP contribution in [0.4, 0.5) is 13.2 Å². The van der Waals surface area contributed by atoms with Crippen LogP contribution in [0.3, 0.4) is 0 Å². The third kappa shape index (κ3) is 4.06. The van der Waals surface area contributed by atoms with Crippen LogP contribution in [0.1, 0.15) is 24.2 Å². The van der Waals surface area contributed by atoms with Crippen molar-refractivity contribution in [1.29, 1.82) is 0 Å². The van der Waals surface area contributed by atoms with E-state index in [1.165, 1.54) is 12.1 Å². The Kier molecular flexibility index (Phi) is 4.76. The molecule has 0 aliphatic heterocycles. The molecule has 2 nitrogen and oxygen atoms in total. The summed E-state index contributed by atoms with van der Waals surface area (Å²) >= 11 is 0. The summed E-state index contributed by atoms with van der Waals surface area (Å²) in [4.78, 5) is 0. The average molecular weight is 257 g/mol. The molecule has 0 heterocycles. The summed E-state index contributed by atoms with van der Waals surface area (Å²) in [5.74, 6) is 2.43. The van der Waals surface area contributed by atoms with Crippen molar-refractivity contribution >= 4 is 0 Å². The van der Waals surface area contributed by atoms with Crippen molar-refractivity contribution in [3.8, 4) is 12.3 Å². The standard InChI is InChI=1S/C13H14F3NO/c1-3-9(2)17-8-12(18)10-4-6-11(7-5-10)13(14,15)16/h1,4-7,9,12,17-18H,8H2,2H3. The van der Waals surface area contributed by atoms with Crippen LogP contribution in [0.15, 0.2) is 24.3 Å². The van der Waals surface area contributed by atoms with Gasteiger partial charge in [-0.3, -0.25) is 0 Å². The van der Waals surface area contributed by atoms with Gasteiger partial charge >= 0.3 is 6.18 Å². The highest BCUT2D eigenvalue weighted by Crippen LogP contribution is 2.29. The lowest BCUT2D eigenvalue weighted by Gasteiger charge is -2.15. The van der Waals surface area contributed by atoms with Crippen LogP contribution < -0.4 is 5.32 Å². The van der Waals surface area contributed by atoms with Gasteiger partial charge in [-0.25, -0.2) is 0 Å². The molecule has 0 aliphatic carbocycles. The summed E-state index contributed by atoms with van der Waals surface area (Å²) in [6, 6.07) is 4.21. The normalized spacial score (nSPS) is 14.9. The second-order valence-electron chi connectivity index (χ2n) is 3.93. The molecule has 5 heteroatoms. The molecule has 0 radical (unpaired) electrons. The van der Waals surface area contributed by atoms with E-state index >= 15 is 0 Å². The first-order valence-corrected chi connectivity index (χ1v) is 5.39. The first-order valence-electron chi connectivity index (χ1n) is 5.39. The summed E-state index contributed by atoms with van der Waals surface area (Å²) in [6.45, 7) is 1.94. The van der Waals surface area contributed by atoms with E-state index < -0.39 is 17.8 Å². The van der Waals surface area contributed by atoms with Crippen molar-refractivity contribution in [3.05, 3.63) is 35.4 Å². The summed E-state index contributed by atoms with van der Waals surface area (Å²) in [5.41, 5.74) is -0.317. The topological polar surface area (TPSA) is 32.3 Å². The maximum atomic E-state index is 12.3. The number of aliphatic hydroxyl groups is 1. The van der Waals surface area contributed by atoms with Gasteiger partial charge in [-0.15, -0.1) is 6.42 Å².